The van der Waals surface area contributed by atoms with Gasteiger partial charge in [-0.3, -0.25) is 19.2 Å². The predicted molar refractivity (Wildman–Crippen MR) is 81.5 cm³/mol. The molecule has 0 aliphatic carbocycles. The Labute approximate surface area is 137 Å². The number of imidazole rings is 1. The molecule has 0 saturated heterocycles. The van der Waals surface area contributed by atoms with E-state index in [4.69, 9.17) is 10.8 Å². The van der Waals surface area contributed by atoms with Crippen LogP contribution in [-0.4, -0.2) is 63.9 Å². The minimum atomic E-state index is -1.19. The van der Waals surface area contributed by atoms with Crippen LogP contribution in [0.15, 0.2) is 12.5 Å². The third-order valence-corrected chi connectivity index (χ3v) is 2.94. The molecular weight excluding hydrogens is 320 g/mol. The lowest BCUT2D eigenvalue weighted by molar-refractivity contribution is -0.138. The SMILES string of the molecule is CC(NC(=O)CNC(=O)C(N)Cc1cnc[nH]1)C(=O)NCC(=O)O. The Morgan fingerprint density at radius 3 is 2.50 bits per heavy atom. The molecule has 0 aliphatic rings. The van der Waals surface area contributed by atoms with Crippen LogP contribution in [0.25, 0.3) is 0 Å². The second-order valence-electron chi connectivity index (χ2n) is 5.01. The molecule has 11 nitrogen and oxygen atoms in total. The van der Waals surface area contributed by atoms with Crippen molar-refractivity contribution in [1.29, 1.82) is 0 Å². The Hall–Kier alpha value is -2.95. The van der Waals surface area contributed by atoms with E-state index in [9.17, 15) is 19.2 Å². The van der Waals surface area contributed by atoms with Gasteiger partial charge in [0.25, 0.3) is 0 Å². The number of aromatic nitrogens is 2. The molecule has 7 N–H and O–H groups in total. The maximum Gasteiger partial charge on any atom is 0.322 e. The molecule has 0 aromatic carbocycles. The summed E-state index contributed by atoms with van der Waals surface area (Å²) < 4.78 is 0. The summed E-state index contributed by atoms with van der Waals surface area (Å²) in [6.07, 6.45) is 3.24. The lowest BCUT2D eigenvalue weighted by Crippen LogP contribution is -2.50. The van der Waals surface area contributed by atoms with Crippen LogP contribution in [0.1, 0.15) is 12.6 Å². The van der Waals surface area contributed by atoms with E-state index in [1.165, 1.54) is 19.4 Å². The summed E-state index contributed by atoms with van der Waals surface area (Å²) in [5.74, 6) is -2.97. The molecule has 11 heteroatoms. The van der Waals surface area contributed by atoms with Gasteiger partial charge in [0.15, 0.2) is 0 Å². The van der Waals surface area contributed by atoms with Crippen LogP contribution in [0.3, 0.4) is 0 Å². The number of rotatable bonds is 9. The number of nitrogens with two attached hydrogens (primary N) is 1. The van der Waals surface area contributed by atoms with Crippen LogP contribution in [0.5, 0.6) is 0 Å². The molecule has 3 amide bonds. The number of H-pyrrole nitrogens is 1. The zero-order valence-corrected chi connectivity index (χ0v) is 13.0. The van der Waals surface area contributed by atoms with Crippen LogP contribution < -0.4 is 21.7 Å². The van der Waals surface area contributed by atoms with Crippen molar-refractivity contribution in [1.82, 2.24) is 25.9 Å². The highest BCUT2D eigenvalue weighted by Crippen LogP contribution is 1.96. The van der Waals surface area contributed by atoms with Crippen molar-refractivity contribution in [2.45, 2.75) is 25.4 Å². The fraction of sp³-hybridized carbons (Fsp3) is 0.462. The predicted octanol–water partition coefficient (Wildman–Crippen LogP) is -2.90. The lowest BCUT2D eigenvalue weighted by atomic mass is 10.1. The Morgan fingerprint density at radius 2 is 1.92 bits per heavy atom. The molecule has 0 radical (unpaired) electrons. The first kappa shape index (κ1) is 19.1. The quantitative estimate of drug-likeness (QED) is 0.279. The van der Waals surface area contributed by atoms with Crippen molar-refractivity contribution >= 4 is 23.7 Å². The van der Waals surface area contributed by atoms with Gasteiger partial charge in [0.2, 0.25) is 17.7 Å². The third-order valence-electron chi connectivity index (χ3n) is 2.94. The molecule has 0 saturated carbocycles. The third kappa shape index (κ3) is 6.87. The molecule has 132 valence electrons. The Bertz CT molecular complexity index is 588. The summed E-state index contributed by atoms with van der Waals surface area (Å²) in [6.45, 7) is 0.491. The number of aromatic amines is 1. The van der Waals surface area contributed by atoms with Gasteiger partial charge in [-0.2, -0.15) is 0 Å². The molecule has 24 heavy (non-hydrogen) atoms. The monoisotopic (exact) mass is 340 g/mol. The maximum absolute atomic E-state index is 11.8. The largest absolute Gasteiger partial charge is 0.480 e. The lowest BCUT2D eigenvalue weighted by Gasteiger charge is -2.15. The van der Waals surface area contributed by atoms with E-state index in [2.05, 4.69) is 25.9 Å². The summed E-state index contributed by atoms with van der Waals surface area (Å²) in [7, 11) is 0. The van der Waals surface area contributed by atoms with Crippen molar-refractivity contribution < 1.29 is 24.3 Å². The van der Waals surface area contributed by atoms with Gasteiger partial charge in [-0.1, -0.05) is 0 Å². The zero-order valence-electron chi connectivity index (χ0n) is 13.0. The molecule has 1 aromatic rings. The average molecular weight is 340 g/mol. The number of aliphatic carboxylic acids is 1. The Kier molecular flexibility index (Phi) is 7.36. The molecule has 1 aromatic heterocycles. The van der Waals surface area contributed by atoms with Crippen LogP contribution in [0.4, 0.5) is 0 Å². The van der Waals surface area contributed by atoms with Gasteiger partial charge < -0.3 is 31.8 Å². The van der Waals surface area contributed by atoms with Gasteiger partial charge in [-0.05, 0) is 6.92 Å². The van der Waals surface area contributed by atoms with Crippen molar-refractivity contribution in [3.63, 3.8) is 0 Å². The zero-order chi connectivity index (χ0) is 18.1. The number of carboxylic acids is 1. The maximum atomic E-state index is 11.8. The minimum Gasteiger partial charge on any atom is -0.480 e. The highest BCUT2D eigenvalue weighted by Gasteiger charge is 2.18. The van der Waals surface area contributed by atoms with Crippen LogP contribution in [0, 0.1) is 0 Å². The fourth-order valence-electron chi connectivity index (χ4n) is 1.70. The highest BCUT2D eigenvalue weighted by atomic mass is 16.4. The summed E-state index contributed by atoms with van der Waals surface area (Å²) in [5.41, 5.74) is 6.39. The van der Waals surface area contributed by atoms with E-state index in [1.54, 1.807) is 0 Å². The van der Waals surface area contributed by atoms with Crippen molar-refractivity contribution in [3.05, 3.63) is 18.2 Å². The number of hydrogen-bond acceptors (Lipinski definition) is 6. The van der Waals surface area contributed by atoms with Gasteiger partial charge in [0, 0.05) is 18.3 Å². The second-order valence-corrected chi connectivity index (χ2v) is 5.01. The van der Waals surface area contributed by atoms with Gasteiger partial charge in [-0.25, -0.2) is 4.98 Å². The highest BCUT2D eigenvalue weighted by molar-refractivity contribution is 5.91. The number of nitrogens with one attached hydrogen (secondary N) is 4. The second kappa shape index (κ2) is 9.25. The smallest absolute Gasteiger partial charge is 0.322 e. The van der Waals surface area contributed by atoms with Crippen LogP contribution >= 0.6 is 0 Å². The van der Waals surface area contributed by atoms with Gasteiger partial charge in [-0.15, -0.1) is 0 Å². The normalized spacial score (nSPS) is 12.8. The fourth-order valence-corrected chi connectivity index (χ4v) is 1.70. The average Bonchev–Trinajstić information content (AvgIpc) is 3.02. The molecule has 1 heterocycles. The summed E-state index contributed by atoms with van der Waals surface area (Å²) in [4.78, 5) is 51.9. The van der Waals surface area contributed by atoms with E-state index < -0.39 is 42.3 Å². The Morgan fingerprint density at radius 1 is 1.25 bits per heavy atom. The molecule has 0 fully saturated rings. The van der Waals surface area contributed by atoms with Crippen LogP contribution in [-0.2, 0) is 25.6 Å². The number of amides is 3. The topological polar surface area (TPSA) is 179 Å². The van der Waals surface area contributed by atoms with Crippen molar-refractivity contribution in [2.24, 2.45) is 5.73 Å². The number of carboxylic acid groups (broad SMARTS) is 1. The van der Waals surface area contributed by atoms with Crippen molar-refractivity contribution in [2.75, 3.05) is 13.1 Å². The van der Waals surface area contributed by atoms with E-state index in [0.717, 1.165) is 0 Å². The van der Waals surface area contributed by atoms with Gasteiger partial charge in [0.05, 0.1) is 18.9 Å². The first-order chi connectivity index (χ1) is 11.3. The molecule has 0 aliphatic heterocycles. The summed E-state index contributed by atoms with van der Waals surface area (Å²) in [5, 5.41) is 15.3. The molecule has 0 bridgehead atoms. The van der Waals surface area contributed by atoms with Crippen molar-refractivity contribution in [3.8, 4) is 0 Å². The summed E-state index contributed by atoms with van der Waals surface area (Å²) in [6, 6.07) is -1.79. The molecular formula is C13H20N6O5. The van der Waals surface area contributed by atoms with Crippen LogP contribution in [0.2, 0.25) is 0 Å². The van der Waals surface area contributed by atoms with E-state index in [1.807, 2.05) is 0 Å². The minimum absolute atomic E-state index is 0.238. The number of carbonyl (C=O) groups excluding carboxylic acids is 3. The summed E-state index contributed by atoms with van der Waals surface area (Å²) >= 11 is 0. The molecule has 2 atom stereocenters. The van der Waals surface area contributed by atoms with E-state index in [0.29, 0.717) is 5.69 Å². The first-order valence-electron chi connectivity index (χ1n) is 7.09. The number of nitrogens with zero attached hydrogens (tertiary/aromatic N) is 1. The molecule has 2 unspecified atom stereocenters. The number of carbonyl (C=O) groups is 4. The molecule has 1 rings (SSSR count). The van der Waals surface area contributed by atoms with E-state index >= 15 is 0 Å². The van der Waals surface area contributed by atoms with E-state index in [-0.39, 0.29) is 13.0 Å². The first-order valence-corrected chi connectivity index (χ1v) is 7.09. The molecule has 0 spiro atoms. The number of hydrogen-bond donors (Lipinski definition) is 6. The van der Waals surface area contributed by atoms with Gasteiger partial charge in [0.1, 0.15) is 12.6 Å². The van der Waals surface area contributed by atoms with Gasteiger partial charge >= 0.3 is 5.97 Å². The Balaban J connectivity index is 2.30. The standard InChI is InChI=1S/C13H20N6O5/c1-7(12(23)17-5-11(21)22)19-10(20)4-16-13(24)9(14)2-8-3-15-6-18-8/h3,6-7,9H,2,4-5,14H2,1H3,(H,15,18)(H,16,24)(H,17,23)(H,19,20)(H,21,22).